The van der Waals surface area contributed by atoms with E-state index in [2.05, 4.69) is 21.2 Å². The first-order valence-corrected chi connectivity index (χ1v) is 7.63. The number of ether oxygens (including phenoxy) is 1. The lowest BCUT2D eigenvalue weighted by Gasteiger charge is -2.22. The van der Waals surface area contributed by atoms with Crippen molar-refractivity contribution in [1.82, 2.24) is 10.2 Å². The Morgan fingerprint density at radius 2 is 2.18 bits per heavy atom. The van der Waals surface area contributed by atoms with Crippen LogP contribution in [0.3, 0.4) is 0 Å². The van der Waals surface area contributed by atoms with Crippen molar-refractivity contribution in [2.24, 2.45) is 0 Å². The minimum absolute atomic E-state index is 0.0133. The van der Waals surface area contributed by atoms with Crippen molar-refractivity contribution < 1.29 is 13.9 Å². The Kier molecular flexibility index (Phi) is 5.63. The van der Waals surface area contributed by atoms with E-state index in [4.69, 9.17) is 9.15 Å². The Balaban J connectivity index is 2.04. The van der Waals surface area contributed by atoms with Crippen molar-refractivity contribution in [1.29, 1.82) is 0 Å². The molecule has 2 rings (SSSR count). The van der Waals surface area contributed by atoms with Crippen molar-refractivity contribution in [3.05, 3.63) is 52.4 Å². The third-order valence-electron chi connectivity index (χ3n) is 3.36. The van der Waals surface area contributed by atoms with E-state index < -0.39 is 0 Å². The second-order valence-corrected chi connectivity index (χ2v) is 5.91. The first kappa shape index (κ1) is 16.6. The third kappa shape index (κ3) is 3.90. The topological polar surface area (TPSA) is 54.7 Å². The van der Waals surface area contributed by atoms with Gasteiger partial charge in [0.05, 0.1) is 23.9 Å². The van der Waals surface area contributed by atoms with Gasteiger partial charge in [0.1, 0.15) is 11.5 Å². The number of benzene rings is 1. The van der Waals surface area contributed by atoms with Crippen molar-refractivity contribution in [2.75, 3.05) is 27.7 Å². The molecule has 6 heteroatoms. The highest BCUT2D eigenvalue weighted by Crippen LogP contribution is 2.25. The lowest BCUT2D eigenvalue weighted by Crippen LogP contribution is -2.34. The Morgan fingerprint density at radius 3 is 2.73 bits per heavy atom. The van der Waals surface area contributed by atoms with Crippen LogP contribution >= 0.6 is 15.9 Å². The van der Waals surface area contributed by atoms with E-state index in [1.165, 1.54) is 0 Å². The number of nitrogens with one attached hydrogen (secondary N) is 1. The number of furan rings is 1. The molecule has 0 radical (unpaired) electrons. The van der Waals surface area contributed by atoms with Gasteiger partial charge in [-0.05, 0) is 60.4 Å². The first-order valence-electron chi connectivity index (χ1n) is 6.84. The monoisotopic (exact) mass is 366 g/mol. The molecule has 1 heterocycles. The van der Waals surface area contributed by atoms with Crippen LogP contribution in [0, 0.1) is 0 Å². The highest BCUT2D eigenvalue weighted by atomic mass is 79.9. The summed E-state index contributed by atoms with van der Waals surface area (Å²) in [5, 5.41) is 2.93. The van der Waals surface area contributed by atoms with Crippen molar-refractivity contribution >= 4 is 21.8 Å². The highest BCUT2D eigenvalue weighted by molar-refractivity contribution is 9.10. The molecule has 0 aliphatic carbocycles. The number of carbonyl (C=O) groups excluding carboxylic acids is 1. The van der Waals surface area contributed by atoms with Crippen LogP contribution in [0.2, 0.25) is 0 Å². The van der Waals surface area contributed by atoms with Gasteiger partial charge in [0.15, 0.2) is 0 Å². The molecule has 0 saturated carbocycles. The van der Waals surface area contributed by atoms with Crippen molar-refractivity contribution in [2.45, 2.75) is 6.04 Å². The molecule has 0 aliphatic heterocycles. The number of nitrogens with zero attached hydrogens (tertiary/aromatic N) is 1. The summed E-state index contributed by atoms with van der Waals surface area (Å²) in [5.74, 6) is 1.38. The van der Waals surface area contributed by atoms with Crippen LogP contribution in [0.4, 0.5) is 0 Å². The van der Waals surface area contributed by atoms with Crippen LogP contribution in [0.25, 0.3) is 0 Å². The van der Waals surface area contributed by atoms with Crippen LogP contribution in [0.15, 0.2) is 45.5 Å². The minimum atomic E-state index is -0.137. The molecule has 1 atom stereocenters. The third-order valence-corrected chi connectivity index (χ3v) is 3.98. The van der Waals surface area contributed by atoms with Gasteiger partial charge in [-0.1, -0.05) is 0 Å². The second kappa shape index (κ2) is 7.47. The smallest absolute Gasteiger partial charge is 0.251 e. The second-order valence-electron chi connectivity index (χ2n) is 5.05. The molecule has 118 valence electrons. The Hall–Kier alpha value is -1.79. The fourth-order valence-electron chi connectivity index (χ4n) is 2.12. The van der Waals surface area contributed by atoms with Gasteiger partial charge < -0.3 is 14.5 Å². The van der Waals surface area contributed by atoms with E-state index >= 15 is 0 Å². The Labute approximate surface area is 138 Å². The van der Waals surface area contributed by atoms with Gasteiger partial charge >= 0.3 is 0 Å². The molecule has 0 saturated heterocycles. The maximum Gasteiger partial charge on any atom is 0.251 e. The molecule has 1 amide bonds. The largest absolute Gasteiger partial charge is 0.496 e. The standard InChI is InChI=1S/C16H19BrN2O3/c1-19(2)13(15-5-4-8-22-15)10-18-16(20)11-6-7-14(21-3)12(17)9-11/h4-9,13H,10H2,1-3H3,(H,18,20). The van der Waals surface area contributed by atoms with Crippen LogP contribution in [-0.4, -0.2) is 38.6 Å². The zero-order chi connectivity index (χ0) is 16.1. The summed E-state index contributed by atoms with van der Waals surface area (Å²) in [6.45, 7) is 0.461. The fourth-order valence-corrected chi connectivity index (χ4v) is 2.66. The minimum Gasteiger partial charge on any atom is -0.496 e. The molecule has 5 nitrogen and oxygen atoms in total. The van der Waals surface area contributed by atoms with Crippen LogP contribution < -0.4 is 10.1 Å². The van der Waals surface area contributed by atoms with Crippen molar-refractivity contribution in [3.63, 3.8) is 0 Å². The molecule has 0 fully saturated rings. The van der Waals surface area contributed by atoms with Gasteiger partial charge in [0.25, 0.3) is 5.91 Å². The highest BCUT2D eigenvalue weighted by Gasteiger charge is 2.18. The zero-order valence-electron chi connectivity index (χ0n) is 12.8. The summed E-state index contributed by atoms with van der Waals surface area (Å²) in [6.07, 6.45) is 1.63. The molecular weight excluding hydrogens is 348 g/mol. The number of methoxy groups -OCH3 is 1. The van der Waals surface area contributed by atoms with Gasteiger partial charge in [-0.25, -0.2) is 0 Å². The molecule has 1 aromatic carbocycles. The maximum absolute atomic E-state index is 12.3. The molecule has 0 bridgehead atoms. The van der Waals surface area contributed by atoms with E-state index in [1.54, 1.807) is 31.6 Å². The summed E-state index contributed by atoms with van der Waals surface area (Å²) >= 11 is 3.38. The van der Waals surface area contributed by atoms with Gasteiger partial charge in [-0.2, -0.15) is 0 Å². The van der Waals surface area contributed by atoms with E-state index in [1.807, 2.05) is 31.1 Å². The zero-order valence-corrected chi connectivity index (χ0v) is 14.4. The van der Waals surface area contributed by atoms with Gasteiger partial charge in [0, 0.05) is 12.1 Å². The summed E-state index contributed by atoms with van der Waals surface area (Å²) in [4.78, 5) is 14.3. The predicted octanol–water partition coefficient (Wildman–Crippen LogP) is 3.08. The van der Waals surface area contributed by atoms with Gasteiger partial charge in [0.2, 0.25) is 0 Å². The average Bonchev–Trinajstić information content (AvgIpc) is 3.00. The Morgan fingerprint density at radius 1 is 1.41 bits per heavy atom. The van der Waals surface area contributed by atoms with Gasteiger partial charge in [-0.3, -0.25) is 9.69 Å². The van der Waals surface area contributed by atoms with E-state index in [0.717, 1.165) is 10.2 Å². The summed E-state index contributed by atoms with van der Waals surface area (Å²) in [7, 11) is 5.48. The number of halogens is 1. The molecule has 1 unspecified atom stereocenters. The SMILES string of the molecule is COc1ccc(C(=O)NCC(c2ccco2)N(C)C)cc1Br. The Bertz CT molecular complexity index is 626. The molecule has 2 aromatic rings. The van der Waals surface area contributed by atoms with Crippen LogP contribution in [0.1, 0.15) is 22.2 Å². The number of hydrogen-bond donors (Lipinski definition) is 1. The summed E-state index contributed by atoms with van der Waals surface area (Å²) < 4.78 is 11.3. The quantitative estimate of drug-likeness (QED) is 0.853. The molecule has 22 heavy (non-hydrogen) atoms. The summed E-state index contributed by atoms with van der Waals surface area (Å²) in [6, 6.07) is 8.97. The maximum atomic E-state index is 12.3. The fraction of sp³-hybridized carbons (Fsp3) is 0.312. The lowest BCUT2D eigenvalue weighted by atomic mass is 10.1. The first-order chi connectivity index (χ1) is 10.5. The molecule has 0 aliphatic rings. The number of carbonyl (C=O) groups is 1. The number of amides is 1. The molecular formula is C16H19BrN2O3. The number of hydrogen-bond acceptors (Lipinski definition) is 4. The van der Waals surface area contributed by atoms with E-state index in [0.29, 0.717) is 17.9 Å². The predicted molar refractivity (Wildman–Crippen MR) is 88.2 cm³/mol. The van der Waals surface area contributed by atoms with Crippen LogP contribution in [-0.2, 0) is 0 Å². The molecule has 1 aromatic heterocycles. The molecule has 1 N–H and O–H groups in total. The average molecular weight is 367 g/mol. The number of likely N-dealkylation sites (N-methyl/N-ethyl adjacent to an activating group) is 1. The normalized spacial score (nSPS) is 12.2. The van der Waals surface area contributed by atoms with E-state index in [-0.39, 0.29) is 11.9 Å². The number of rotatable bonds is 6. The molecule has 0 spiro atoms. The van der Waals surface area contributed by atoms with E-state index in [9.17, 15) is 4.79 Å². The van der Waals surface area contributed by atoms with Gasteiger partial charge in [-0.15, -0.1) is 0 Å². The van der Waals surface area contributed by atoms with Crippen LogP contribution in [0.5, 0.6) is 5.75 Å². The van der Waals surface area contributed by atoms with Crippen molar-refractivity contribution in [3.8, 4) is 5.75 Å². The lowest BCUT2D eigenvalue weighted by molar-refractivity contribution is 0.0939. The summed E-state index contributed by atoms with van der Waals surface area (Å²) in [5.41, 5.74) is 0.574.